The molecular weight excluding hydrogens is 230 g/mol. The van der Waals surface area contributed by atoms with Crippen molar-refractivity contribution in [2.24, 2.45) is 0 Å². The van der Waals surface area contributed by atoms with Crippen LogP contribution in [0.4, 0.5) is 0 Å². The molecule has 0 bridgehead atoms. The van der Waals surface area contributed by atoms with Crippen molar-refractivity contribution in [3.05, 3.63) is 35.2 Å². The van der Waals surface area contributed by atoms with Gasteiger partial charge in [-0.25, -0.2) is 0 Å². The van der Waals surface area contributed by atoms with Gasteiger partial charge in [-0.3, -0.25) is 0 Å². The first-order valence-corrected chi connectivity index (χ1v) is 6.02. The van der Waals surface area contributed by atoms with E-state index in [0.29, 0.717) is 12.8 Å². The van der Waals surface area contributed by atoms with Gasteiger partial charge in [0.05, 0.1) is 18.9 Å². The summed E-state index contributed by atoms with van der Waals surface area (Å²) in [5, 5.41) is 14.2. The number of aryl methyl sites for hydroxylation is 2. The molecule has 2 aromatic rings. The number of ether oxygens (including phenoxy) is 1. The number of hydrogen-bond donors (Lipinski definition) is 1. The number of aliphatic hydroxyl groups is 1. The standard InChI is InChI=1S/C14H15NO3/c1-8-14-10-4-3-9(17-2)7-11(10)12(16)5-6-13(14)18-15-8/h3-4,7,12,16H,5-6H2,1-2H3. The molecule has 0 aliphatic heterocycles. The highest BCUT2D eigenvalue weighted by atomic mass is 16.5. The van der Waals surface area contributed by atoms with E-state index < -0.39 is 6.10 Å². The quantitative estimate of drug-likeness (QED) is 0.839. The van der Waals surface area contributed by atoms with Crippen LogP contribution in [0, 0.1) is 6.92 Å². The Morgan fingerprint density at radius 3 is 3.06 bits per heavy atom. The summed E-state index contributed by atoms with van der Waals surface area (Å²) < 4.78 is 10.6. The topological polar surface area (TPSA) is 55.5 Å². The highest BCUT2D eigenvalue weighted by Gasteiger charge is 2.25. The lowest BCUT2D eigenvalue weighted by atomic mass is 9.97. The monoisotopic (exact) mass is 245 g/mol. The second-order valence-corrected chi connectivity index (χ2v) is 4.57. The Bertz CT molecular complexity index is 589. The molecule has 1 atom stereocenters. The molecule has 4 heteroatoms. The predicted octanol–water partition coefficient (Wildman–Crippen LogP) is 2.64. The van der Waals surface area contributed by atoms with E-state index in [-0.39, 0.29) is 0 Å². The summed E-state index contributed by atoms with van der Waals surface area (Å²) in [6, 6.07) is 5.75. The number of methoxy groups -OCH3 is 1. The third-order valence-electron chi connectivity index (χ3n) is 3.47. The normalized spacial score (nSPS) is 17.8. The second-order valence-electron chi connectivity index (χ2n) is 4.57. The molecule has 0 radical (unpaired) electrons. The number of hydrogen-bond acceptors (Lipinski definition) is 4. The predicted molar refractivity (Wildman–Crippen MR) is 66.5 cm³/mol. The van der Waals surface area contributed by atoms with E-state index >= 15 is 0 Å². The van der Waals surface area contributed by atoms with Crippen LogP contribution in [0.2, 0.25) is 0 Å². The minimum Gasteiger partial charge on any atom is -0.497 e. The SMILES string of the molecule is COc1ccc2c(c1)C(O)CCc1onc(C)c1-2. The van der Waals surface area contributed by atoms with Crippen LogP contribution in [0.1, 0.15) is 29.5 Å². The lowest BCUT2D eigenvalue weighted by Gasteiger charge is -2.13. The van der Waals surface area contributed by atoms with E-state index in [2.05, 4.69) is 5.16 Å². The third-order valence-corrected chi connectivity index (χ3v) is 3.47. The zero-order valence-corrected chi connectivity index (χ0v) is 10.4. The molecule has 3 rings (SSSR count). The summed E-state index contributed by atoms with van der Waals surface area (Å²) in [4.78, 5) is 0. The van der Waals surface area contributed by atoms with Crippen molar-refractivity contribution in [1.29, 1.82) is 0 Å². The number of benzene rings is 1. The van der Waals surface area contributed by atoms with Crippen LogP contribution in [0.15, 0.2) is 22.7 Å². The minimum atomic E-state index is -0.489. The molecule has 0 fully saturated rings. The fourth-order valence-electron chi connectivity index (χ4n) is 2.53. The van der Waals surface area contributed by atoms with Crippen LogP contribution in [-0.2, 0) is 6.42 Å². The van der Waals surface area contributed by atoms with E-state index in [1.54, 1.807) is 7.11 Å². The van der Waals surface area contributed by atoms with Crippen molar-refractivity contribution in [1.82, 2.24) is 5.16 Å². The van der Waals surface area contributed by atoms with Crippen LogP contribution >= 0.6 is 0 Å². The number of nitrogens with zero attached hydrogens (tertiary/aromatic N) is 1. The summed E-state index contributed by atoms with van der Waals surface area (Å²) in [5.41, 5.74) is 3.77. The van der Waals surface area contributed by atoms with Gasteiger partial charge in [0.1, 0.15) is 11.5 Å². The smallest absolute Gasteiger partial charge is 0.144 e. The molecule has 1 aromatic carbocycles. The van der Waals surface area contributed by atoms with Gasteiger partial charge in [0.15, 0.2) is 0 Å². The molecule has 1 aliphatic rings. The molecule has 0 spiro atoms. The Labute approximate surface area is 105 Å². The van der Waals surface area contributed by atoms with Crippen molar-refractivity contribution in [3.63, 3.8) is 0 Å². The maximum absolute atomic E-state index is 10.2. The fourth-order valence-corrected chi connectivity index (χ4v) is 2.53. The first-order valence-electron chi connectivity index (χ1n) is 6.02. The number of aromatic nitrogens is 1. The Kier molecular flexibility index (Phi) is 2.59. The van der Waals surface area contributed by atoms with E-state index in [0.717, 1.165) is 33.9 Å². The molecule has 1 unspecified atom stereocenters. The van der Waals surface area contributed by atoms with Gasteiger partial charge in [0.2, 0.25) is 0 Å². The van der Waals surface area contributed by atoms with Gasteiger partial charge >= 0.3 is 0 Å². The second kappa shape index (κ2) is 4.14. The first kappa shape index (κ1) is 11.3. The Hall–Kier alpha value is -1.81. The van der Waals surface area contributed by atoms with Gasteiger partial charge < -0.3 is 14.4 Å². The third kappa shape index (κ3) is 1.61. The summed E-state index contributed by atoms with van der Waals surface area (Å²) in [7, 11) is 1.63. The van der Waals surface area contributed by atoms with E-state index in [1.807, 2.05) is 25.1 Å². The van der Waals surface area contributed by atoms with Crippen molar-refractivity contribution in [2.45, 2.75) is 25.9 Å². The number of rotatable bonds is 1. The Morgan fingerprint density at radius 1 is 1.44 bits per heavy atom. The number of aliphatic hydroxyl groups excluding tert-OH is 1. The largest absolute Gasteiger partial charge is 0.497 e. The van der Waals surface area contributed by atoms with Gasteiger partial charge in [0.25, 0.3) is 0 Å². The summed E-state index contributed by atoms with van der Waals surface area (Å²) in [6.07, 6.45) is 0.855. The van der Waals surface area contributed by atoms with Gasteiger partial charge in [-0.05, 0) is 36.6 Å². The summed E-state index contributed by atoms with van der Waals surface area (Å²) in [5.74, 6) is 1.61. The zero-order chi connectivity index (χ0) is 12.7. The molecule has 1 aliphatic carbocycles. The van der Waals surface area contributed by atoms with Gasteiger partial charge in [0, 0.05) is 12.0 Å². The van der Waals surface area contributed by atoms with Gasteiger partial charge in [-0.15, -0.1) is 0 Å². The first-order chi connectivity index (χ1) is 8.70. The van der Waals surface area contributed by atoms with Crippen molar-refractivity contribution in [2.75, 3.05) is 7.11 Å². The zero-order valence-electron chi connectivity index (χ0n) is 10.4. The molecule has 4 nitrogen and oxygen atoms in total. The molecule has 0 amide bonds. The number of fused-ring (bicyclic) bond motifs is 3. The molecular formula is C14H15NO3. The maximum atomic E-state index is 10.2. The molecule has 0 saturated heterocycles. The lowest BCUT2D eigenvalue weighted by Crippen LogP contribution is -1.99. The van der Waals surface area contributed by atoms with Crippen LogP contribution in [0.3, 0.4) is 0 Å². The average Bonchev–Trinajstić information content (AvgIpc) is 2.69. The molecule has 18 heavy (non-hydrogen) atoms. The summed E-state index contributed by atoms with van der Waals surface area (Å²) >= 11 is 0. The fraction of sp³-hybridized carbons (Fsp3) is 0.357. The highest BCUT2D eigenvalue weighted by Crippen LogP contribution is 2.40. The maximum Gasteiger partial charge on any atom is 0.144 e. The Balaban J connectivity index is 2.25. The van der Waals surface area contributed by atoms with E-state index in [9.17, 15) is 5.11 Å². The highest BCUT2D eigenvalue weighted by molar-refractivity contribution is 5.73. The van der Waals surface area contributed by atoms with Crippen molar-refractivity contribution < 1.29 is 14.4 Å². The van der Waals surface area contributed by atoms with Gasteiger partial charge in [-0.1, -0.05) is 11.2 Å². The van der Waals surface area contributed by atoms with E-state index in [1.165, 1.54) is 0 Å². The molecule has 94 valence electrons. The van der Waals surface area contributed by atoms with Crippen LogP contribution in [0.25, 0.3) is 11.1 Å². The van der Waals surface area contributed by atoms with Crippen LogP contribution in [-0.4, -0.2) is 17.4 Å². The van der Waals surface area contributed by atoms with E-state index in [4.69, 9.17) is 9.26 Å². The summed E-state index contributed by atoms with van der Waals surface area (Å²) in [6.45, 7) is 1.92. The molecule has 1 N–H and O–H groups in total. The molecule has 1 heterocycles. The lowest BCUT2D eigenvalue weighted by molar-refractivity contribution is 0.166. The van der Waals surface area contributed by atoms with Crippen molar-refractivity contribution in [3.8, 4) is 16.9 Å². The Morgan fingerprint density at radius 2 is 2.28 bits per heavy atom. The molecule has 1 aromatic heterocycles. The van der Waals surface area contributed by atoms with Crippen molar-refractivity contribution >= 4 is 0 Å². The van der Waals surface area contributed by atoms with Crippen LogP contribution < -0.4 is 4.74 Å². The van der Waals surface area contributed by atoms with Crippen LogP contribution in [0.5, 0.6) is 5.75 Å². The minimum absolute atomic E-state index is 0.489. The van der Waals surface area contributed by atoms with Gasteiger partial charge in [-0.2, -0.15) is 0 Å². The average molecular weight is 245 g/mol. The molecule has 0 saturated carbocycles.